The molecule has 7 nitrogen and oxygen atoms in total. The predicted molar refractivity (Wildman–Crippen MR) is 376 cm³/mol. The van der Waals surface area contributed by atoms with Gasteiger partial charge in [-0.05, 0) is 78.0 Å². The Morgan fingerprint density at radius 3 is 0.776 bits per heavy atom. The SMILES string of the molecule is BrC(Br)Br.C.C.C.CC(C)(C)SC(C)(C)C.CC(C)(C)c1c2c(c(C(C)(C)C)c(C(C)(C)C)c1C(C)(C)C)C(=O)OC2=O.CC(C)(C)c1cccc2c1C(=O)c1cccc(C(C)(C)C)c1C2=O.O=C1c2cccc(Cl)c2C(=O)c2cccc(Cl)c21. The van der Waals surface area contributed by atoms with Crippen molar-refractivity contribution >= 4 is 118 Å². The number of fused-ring (bicyclic) bond motifs is 5. The van der Waals surface area contributed by atoms with Crippen molar-refractivity contribution in [2.45, 2.75) is 233 Å². The summed E-state index contributed by atoms with van der Waals surface area (Å²) in [6, 6.07) is 20.9. The molecule has 0 aromatic heterocycles. The lowest BCUT2D eigenvalue weighted by Gasteiger charge is -2.41. The number of cyclic esters (lactones) is 2. The van der Waals surface area contributed by atoms with Crippen LogP contribution in [0.15, 0.2) is 72.8 Å². The minimum absolute atomic E-state index is 0. The molecule has 0 atom stereocenters. The molecule has 0 bridgehead atoms. The smallest absolute Gasteiger partial charge is 0.347 e. The van der Waals surface area contributed by atoms with E-state index in [0.717, 1.165) is 22.3 Å². The molecular formula is C72H97Br3Cl2O7S. The van der Waals surface area contributed by atoms with Crippen molar-refractivity contribution < 1.29 is 33.5 Å². The molecule has 0 spiro atoms. The first-order chi connectivity index (χ1) is 36.9. The van der Waals surface area contributed by atoms with E-state index < -0.39 is 11.9 Å². The number of halogens is 5. The van der Waals surface area contributed by atoms with Gasteiger partial charge >= 0.3 is 11.9 Å². The zero-order valence-corrected chi connectivity index (χ0v) is 59.7. The molecule has 1 heterocycles. The third-order valence-electron chi connectivity index (χ3n) is 13.4. The topological polar surface area (TPSA) is 112 Å². The Kier molecular flexibility index (Phi) is 26.5. The minimum Gasteiger partial charge on any atom is -0.386 e. The third-order valence-corrected chi connectivity index (χ3v) is 15.2. The van der Waals surface area contributed by atoms with Gasteiger partial charge in [0, 0.05) is 42.9 Å². The van der Waals surface area contributed by atoms with E-state index in [0.29, 0.717) is 54.0 Å². The number of alkyl halides is 3. The monoisotopic (exact) mass is 1410 g/mol. The van der Waals surface area contributed by atoms with E-state index in [9.17, 15) is 28.8 Å². The molecule has 8 rings (SSSR count). The van der Waals surface area contributed by atoms with Crippen molar-refractivity contribution in [1.29, 1.82) is 0 Å². The number of ether oxygens (including phenoxy) is 1. The lowest BCUT2D eigenvalue weighted by atomic mass is 9.62. The fourth-order valence-electron chi connectivity index (χ4n) is 10.9. The van der Waals surface area contributed by atoms with E-state index in [4.69, 9.17) is 27.9 Å². The van der Waals surface area contributed by atoms with Gasteiger partial charge in [-0.25, -0.2) is 9.59 Å². The van der Waals surface area contributed by atoms with Crippen LogP contribution in [0.1, 0.15) is 306 Å². The highest BCUT2D eigenvalue weighted by Gasteiger charge is 2.47. The molecule has 2 aliphatic carbocycles. The summed E-state index contributed by atoms with van der Waals surface area (Å²) in [5.41, 5.74) is 9.13. The number of hydrogen-bond donors (Lipinski definition) is 0. The molecule has 5 aromatic carbocycles. The van der Waals surface area contributed by atoms with Crippen LogP contribution in [0.25, 0.3) is 0 Å². The Bertz CT molecular complexity index is 3110. The average molecular weight is 1420 g/mol. The summed E-state index contributed by atoms with van der Waals surface area (Å²) in [6.07, 6.45) is 0. The Hall–Kier alpha value is -3.71. The van der Waals surface area contributed by atoms with Crippen LogP contribution in [-0.2, 0) is 37.2 Å². The summed E-state index contributed by atoms with van der Waals surface area (Å²) in [6.45, 7) is 51.7. The second kappa shape index (κ2) is 28.4. The van der Waals surface area contributed by atoms with Crippen LogP contribution < -0.4 is 0 Å². The normalized spacial score (nSPS) is 13.8. The van der Waals surface area contributed by atoms with Gasteiger partial charge in [0.05, 0.1) is 32.3 Å². The van der Waals surface area contributed by atoms with Gasteiger partial charge in [0.25, 0.3) is 0 Å². The number of rotatable bonds is 0. The molecule has 1 aliphatic heterocycles. The predicted octanol–water partition coefficient (Wildman–Crippen LogP) is 22.7. The van der Waals surface area contributed by atoms with Crippen molar-refractivity contribution in [3.8, 4) is 0 Å². The summed E-state index contributed by atoms with van der Waals surface area (Å²) in [5, 5.41) is 0.577. The van der Waals surface area contributed by atoms with Crippen LogP contribution in [0, 0.1) is 0 Å². The lowest BCUT2D eigenvalue weighted by Crippen LogP contribution is -2.35. The third kappa shape index (κ3) is 18.7. The van der Waals surface area contributed by atoms with E-state index in [1.165, 1.54) is 11.1 Å². The van der Waals surface area contributed by atoms with Gasteiger partial charge in [-0.1, -0.05) is 320 Å². The summed E-state index contributed by atoms with van der Waals surface area (Å²) in [4.78, 5) is 76.8. The molecule has 0 unspecified atom stereocenters. The first-order valence-corrected chi connectivity index (χ1v) is 31.9. The van der Waals surface area contributed by atoms with Gasteiger partial charge < -0.3 is 4.74 Å². The van der Waals surface area contributed by atoms with Crippen molar-refractivity contribution in [2.24, 2.45) is 0 Å². The Labute approximate surface area is 551 Å². The van der Waals surface area contributed by atoms with Gasteiger partial charge in [-0.2, -0.15) is 11.8 Å². The maximum Gasteiger partial charge on any atom is 0.347 e. The molecule has 85 heavy (non-hydrogen) atoms. The summed E-state index contributed by atoms with van der Waals surface area (Å²) in [7, 11) is 0. The highest BCUT2D eigenvalue weighted by molar-refractivity contribution is 9.38. The molecule has 3 aliphatic rings. The lowest BCUT2D eigenvalue weighted by molar-refractivity contribution is 0.0441. The fourth-order valence-corrected chi connectivity index (χ4v) is 13.3. The molecule has 13 heteroatoms. The Balaban J connectivity index is 0.000000574. The van der Waals surface area contributed by atoms with Gasteiger partial charge in [0.1, 0.15) is 2.65 Å². The molecular weight excluding hydrogens is 1320 g/mol. The van der Waals surface area contributed by atoms with E-state index in [-0.39, 0.29) is 102 Å². The summed E-state index contributed by atoms with van der Waals surface area (Å²) < 4.78 is 6.23. The zero-order valence-electron chi connectivity index (χ0n) is 52.7. The van der Waals surface area contributed by atoms with Crippen molar-refractivity contribution in [3.05, 3.63) is 172 Å². The second-order valence-corrected chi connectivity index (χ2v) is 39.0. The molecule has 0 N–H and O–H groups in total. The number of hydrogen-bond acceptors (Lipinski definition) is 8. The zero-order chi connectivity index (χ0) is 63.3. The van der Waals surface area contributed by atoms with Gasteiger partial charge in [0.2, 0.25) is 0 Å². The van der Waals surface area contributed by atoms with Crippen LogP contribution in [0.2, 0.25) is 10.0 Å². The van der Waals surface area contributed by atoms with E-state index >= 15 is 0 Å². The minimum atomic E-state index is -0.503. The molecule has 0 fully saturated rings. The van der Waals surface area contributed by atoms with Crippen LogP contribution in [0.3, 0.4) is 0 Å². The molecule has 468 valence electrons. The number of benzene rings is 5. The Morgan fingerprint density at radius 2 is 0.565 bits per heavy atom. The highest BCUT2D eigenvalue weighted by Crippen LogP contribution is 2.51. The van der Waals surface area contributed by atoms with Crippen LogP contribution in [0.5, 0.6) is 0 Å². The second-order valence-electron chi connectivity index (χ2n) is 29.1. The van der Waals surface area contributed by atoms with E-state index in [1.807, 2.05) is 36.0 Å². The van der Waals surface area contributed by atoms with Gasteiger partial charge in [-0.3, -0.25) is 19.2 Å². The van der Waals surface area contributed by atoms with Crippen LogP contribution in [0.4, 0.5) is 0 Å². The first kappa shape index (κ1) is 79.3. The number of ketones is 4. The number of thioether (sulfide) groups is 1. The number of esters is 2. The Morgan fingerprint density at radius 1 is 0.341 bits per heavy atom. The molecule has 0 amide bonds. The van der Waals surface area contributed by atoms with Crippen LogP contribution in [-0.4, -0.2) is 47.2 Å². The van der Waals surface area contributed by atoms with E-state index in [2.05, 4.69) is 214 Å². The summed E-state index contributed by atoms with van der Waals surface area (Å²) in [5.74, 6) is -1.58. The molecule has 0 saturated heterocycles. The number of carbonyl (C=O) groups is 6. The maximum atomic E-state index is 13.2. The van der Waals surface area contributed by atoms with Gasteiger partial charge in [-0.15, -0.1) is 0 Å². The first-order valence-electron chi connectivity index (χ1n) is 27.5. The maximum absolute atomic E-state index is 13.2. The van der Waals surface area contributed by atoms with Gasteiger partial charge in [0.15, 0.2) is 23.1 Å². The molecule has 5 aromatic rings. The van der Waals surface area contributed by atoms with Crippen molar-refractivity contribution in [1.82, 2.24) is 0 Å². The fraction of sp³-hybridized carbons (Fsp3) is 0.500. The van der Waals surface area contributed by atoms with Crippen molar-refractivity contribution in [3.63, 3.8) is 0 Å². The van der Waals surface area contributed by atoms with E-state index in [1.54, 1.807) is 48.5 Å². The molecule has 0 saturated carbocycles. The summed E-state index contributed by atoms with van der Waals surface area (Å²) >= 11 is 23.3. The van der Waals surface area contributed by atoms with Crippen LogP contribution >= 0.6 is 82.8 Å². The largest absolute Gasteiger partial charge is 0.386 e. The standard InChI is InChI=1S/C24H36O3.C22H24O2.C14H6Cl2O2.C8H18S.CHBr3.3CH4/c1-21(2,3)15-13-14(20(26)27-19(13)25)16(22(4,5)6)18(24(10,11)12)17(15)23(7,8)9;1-21(2,3)15-11-7-9-13-17(15)19(23)14-10-8-12-16(22(4,5)6)18(14)20(13)24;15-9-5-1-3-7-11(9)14(18)8-4-2-6-10(16)12(8)13(7)17;1-7(2,3)9-8(4,5)6;2-1(3)4;;;/h1-12H3;7-12H,1-6H3;1-6H;1-6H3;1H;3*1H4. The highest BCUT2D eigenvalue weighted by atomic mass is 80.0. The quantitative estimate of drug-likeness (QED) is 0.0839. The molecule has 0 radical (unpaired) electrons. The van der Waals surface area contributed by atoms with Crippen molar-refractivity contribution in [2.75, 3.05) is 0 Å². The average Bonchev–Trinajstić information content (AvgIpc) is 1.80. The number of carbonyl (C=O) groups excluding carboxylic acids is 6.